The molecular weight excluding hydrogens is 314 g/mol. The first-order valence-electron chi connectivity index (χ1n) is 9.65. The number of fused-ring (bicyclic) bond motifs is 1. The van der Waals surface area contributed by atoms with Gasteiger partial charge in [-0.3, -0.25) is 0 Å². The lowest BCUT2D eigenvalue weighted by Gasteiger charge is -2.30. The molecule has 1 saturated heterocycles. The Morgan fingerprint density at radius 1 is 1.08 bits per heavy atom. The Hall–Kier alpha value is -1.66. The van der Waals surface area contributed by atoms with E-state index in [-0.39, 0.29) is 0 Å². The van der Waals surface area contributed by atoms with Gasteiger partial charge in [0, 0.05) is 44.7 Å². The van der Waals surface area contributed by atoms with Gasteiger partial charge in [0.05, 0.1) is 18.9 Å². The summed E-state index contributed by atoms with van der Waals surface area (Å²) in [5.41, 5.74) is 8.48. The van der Waals surface area contributed by atoms with E-state index in [0.29, 0.717) is 5.95 Å². The first-order valence-corrected chi connectivity index (χ1v) is 9.65. The average Bonchev–Trinajstić information content (AvgIpc) is 2.85. The zero-order valence-corrected chi connectivity index (χ0v) is 15.0. The molecular formula is C19H29N5O. The molecule has 3 aliphatic rings. The minimum Gasteiger partial charge on any atom is -0.378 e. The van der Waals surface area contributed by atoms with Gasteiger partial charge in [-0.05, 0) is 31.6 Å². The van der Waals surface area contributed by atoms with E-state index in [9.17, 15) is 0 Å². The van der Waals surface area contributed by atoms with Crippen molar-refractivity contribution in [2.24, 2.45) is 5.92 Å². The lowest BCUT2D eigenvalue weighted by molar-refractivity contribution is 0.122. The van der Waals surface area contributed by atoms with Gasteiger partial charge < -0.3 is 20.3 Å². The molecule has 25 heavy (non-hydrogen) atoms. The van der Waals surface area contributed by atoms with Crippen LogP contribution in [0.25, 0.3) is 0 Å². The van der Waals surface area contributed by atoms with E-state index in [1.807, 2.05) is 0 Å². The van der Waals surface area contributed by atoms with Crippen LogP contribution in [0.4, 0.5) is 11.8 Å². The average molecular weight is 343 g/mol. The summed E-state index contributed by atoms with van der Waals surface area (Å²) < 4.78 is 5.49. The maximum atomic E-state index is 6.02. The Labute approximate surface area is 150 Å². The van der Waals surface area contributed by atoms with Crippen molar-refractivity contribution < 1.29 is 4.74 Å². The van der Waals surface area contributed by atoms with Crippen LogP contribution in [-0.4, -0.2) is 60.8 Å². The molecule has 0 spiro atoms. The number of ether oxygens (including phenoxy) is 1. The molecule has 0 unspecified atom stereocenters. The number of morpholine rings is 1. The SMILES string of the molecule is Nc1nc2c(c(N3CCOCC3)n1)CCN(C[C@@H]1CC=CCC1)CC2. The summed E-state index contributed by atoms with van der Waals surface area (Å²) in [7, 11) is 0. The van der Waals surface area contributed by atoms with Gasteiger partial charge in [0.2, 0.25) is 5.95 Å². The molecule has 1 atom stereocenters. The molecule has 1 fully saturated rings. The first kappa shape index (κ1) is 16.8. The van der Waals surface area contributed by atoms with Crippen LogP contribution in [0, 0.1) is 5.92 Å². The third kappa shape index (κ3) is 3.96. The molecule has 0 amide bonds. The number of allylic oxidation sites excluding steroid dienone is 2. The third-order valence-corrected chi connectivity index (χ3v) is 5.64. The number of aromatic nitrogens is 2. The molecule has 0 aromatic carbocycles. The van der Waals surface area contributed by atoms with Crippen molar-refractivity contribution in [3.63, 3.8) is 0 Å². The predicted octanol–water partition coefficient (Wildman–Crippen LogP) is 1.65. The van der Waals surface area contributed by atoms with Gasteiger partial charge in [-0.25, -0.2) is 4.98 Å². The monoisotopic (exact) mass is 343 g/mol. The fourth-order valence-corrected chi connectivity index (χ4v) is 4.25. The summed E-state index contributed by atoms with van der Waals surface area (Å²) in [4.78, 5) is 14.1. The van der Waals surface area contributed by atoms with Crippen LogP contribution in [0.1, 0.15) is 30.5 Å². The lowest BCUT2D eigenvalue weighted by Crippen LogP contribution is -2.38. The number of hydrogen-bond donors (Lipinski definition) is 1. The summed E-state index contributed by atoms with van der Waals surface area (Å²) in [6.45, 7) is 6.68. The second-order valence-electron chi connectivity index (χ2n) is 7.38. The van der Waals surface area contributed by atoms with Crippen LogP contribution < -0.4 is 10.6 Å². The summed E-state index contributed by atoms with van der Waals surface area (Å²) in [6.07, 6.45) is 10.5. The van der Waals surface area contributed by atoms with Crippen molar-refractivity contribution in [1.82, 2.24) is 14.9 Å². The fraction of sp³-hybridized carbons (Fsp3) is 0.684. The lowest BCUT2D eigenvalue weighted by atomic mass is 9.94. The molecule has 1 aromatic heterocycles. The van der Waals surface area contributed by atoms with Crippen LogP contribution in [0.5, 0.6) is 0 Å². The molecule has 6 heteroatoms. The number of nitrogens with two attached hydrogens (primary N) is 1. The van der Waals surface area contributed by atoms with Gasteiger partial charge in [0.15, 0.2) is 0 Å². The minimum atomic E-state index is 0.408. The van der Waals surface area contributed by atoms with E-state index in [1.54, 1.807) is 0 Å². The zero-order valence-electron chi connectivity index (χ0n) is 15.0. The van der Waals surface area contributed by atoms with Crippen LogP contribution in [-0.2, 0) is 17.6 Å². The number of anilines is 2. The van der Waals surface area contributed by atoms with Gasteiger partial charge in [-0.15, -0.1) is 0 Å². The van der Waals surface area contributed by atoms with E-state index in [0.717, 1.165) is 69.7 Å². The smallest absolute Gasteiger partial charge is 0.222 e. The van der Waals surface area contributed by atoms with Crippen LogP contribution in [0.2, 0.25) is 0 Å². The van der Waals surface area contributed by atoms with Crippen molar-refractivity contribution >= 4 is 11.8 Å². The quantitative estimate of drug-likeness (QED) is 0.842. The highest BCUT2D eigenvalue weighted by Crippen LogP contribution is 2.27. The summed E-state index contributed by atoms with van der Waals surface area (Å²) in [5.74, 6) is 2.26. The topological polar surface area (TPSA) is 67.5 Å². The number of rotatable bonds is 3. The summed E-state index contributed by atoms with van der Waals surface area (Å²) in [6, 6.07) is 0. The summed E-state index contributed by atoms with van der Waals surface area (Å²) in [5, 5.41) is 0. The highest BCUT2D eigenvalue weighted by Gasteiger charge is 2.25. The van der Waals surface area contributed by atoms with Gasteiger partial charge in [0.1, 0.15) is 5.82 Å². The Morgan fingerprint density at radius 2 is 1.92 bits per heavy atom. The molecule has 0 saturated carbocycles. The standard InChI is InChI=1S/C19H29N5O/c20-19-21-17-7-9-23(14-15-4-2-1-3-5-15)8-6-16(17)18(22-19)24-10-12-25-13-11-24/h1-2,15H,3-14H2,(H2,20,21,22)/t15-/m1/s1. The molecule has 1 aliphatic carbocycles. The largest absolute Gasteiger partial charge is 0.378 e. The van der Waals surface area contributed by atoms with E-state index in [2.05, 4.69) is 31.9 Å². The van der Waals surface area contributed by atoms with E-state index < -0.39 is 0 Å². The van der Waals surface area contributed by atoms with Gasteiger partial charge in [-0.1, -0.05) is 12.2 Å². The first-order chi connectivity index (χ1) is 12.3. The molecule has 0 radical (unpaired) electrons. The second kappa shape index (κ2) is 7.70. The Kier molecular flexibility index (Phi) is 5.17. The van der Waals surface area contributed by atoms with Crippen molar-refractivity contribution in [3.8, 4) is 0 Å². The van der Waals surface area contributed by atoms with E-state index in [1.165, 1.54) is 31.4 Å². The van der Waals surface area contributed by atoms with Crippen molar-refractivity contribution in [1.29, 1.82) is 0 Å². The molecule has 136 valence electrons. The predicted molar refractivity (Wildman–Crippen MR) is 99.8 cm³/mol. The highest BCUT2D eigenvalue weighted by atomic mass is 16.5. The number of nitrogens with zero attached hydrogens (tertiary/aromatic N) is 4. The fourth-order valence-electron chi connectivity index (χ4n) is 4.25. The zero-order chi connectivity index (χ0) is 17.1. The molecule has 4 rings (SSSR count). The normalized spacial score (nSPS) is 24.8. The molecule has 3 heterocycles. The highest BCUT2D eigenvalue weighted by molar-refractivity contribution is 5.53. The molecule has 2 aliphatic heterocycles. The van der Waals surface area contributed by atoms with Crippen molar-refractivity contribution in [2.75, 3.05) is 56.6 Å². The Balaban J connectivity index is 1.49. The Bertz CT molecular complexity index is 626. The van der Waals surface area contributed by atoms with Gasteiger partial charge >= 0.3 is 0 Å². The second-order valence-corrected chi connectivity index (χ2v) is 7.38. The van der Waals surface area contributed by atoms with Crippen molar-refractivity contribution in [3.05, 3.63) is 23.4 Å². The summed E-state index contributed by atoms with van der Waals surface area (Å²) >= 11 is 0. The van der Waals surface area contributed by atoms with Gasteiger partial charge in [0.25, 0.3) is 0 Å². The minimum absolute atomic E-state index is 0.408. The van der Waals surface area contributed by atoms with Crippen LogP contribution in [0.15, 0.2) is 12.2 Å². The maximum Gasteiger partial charge on any atom is 0.222 e. The molecule has 1 aromatic rings. The molecule has 2 N–H and O–H groups in total. The van der Waals surface area contributed by atoms with Crippen LogP contribution >= 0.6 is 0 Å². The maximum absolute atomic E-state index is 6.02. The van der Waals surface area contributed by atoms with E-state index in [4.69, 9.17) is 10.5 Å². The van der Waals surface area contributed by atoms with E-state index >= 15 is 0 Å². The molecule has 6 nitrogen and oxygen atoms in total. The van der Waals surface area contributed by atoms with Crippen molar-refractivity contribution in [2.45, 2.75) is 32.1 Å². The Morgan fingerprint density at radius 3 is 2.72 bits per heavy atom. The van der Waals surface area contributed by atoms with Gasteiger partial charge in [-0.2, -0.15) is 4.98 Å². The molecule has 0 bridgehead atoms. The number of nitrogen functional groups attached to an aromatic ring is 1. The van der Waals surface area contributed by atoms with Crippen LogP contribution in [0.3, 0.4) is 0 Å². The third-order valence-electron chi connectivity index (χ3n) is 5.64. The number of hydrogen-bond acceptors (Lipinski definition) is 6.